The first-order valence-electron chi connectivity index (χ1n) is 7.99. The molecule has 4 nitrogen and oxygen atoms in total. The van der Waals surface area contributed by atoms with Crippen LogP contribution >= 0.6 is 0 Å². The molecule has 0 aromatic heterocycles. The molecule has 22 heavy (non-hydrogen) atoms. The fourth-order valence-electron chi connectivity index (χ4n) is 2.74. The van der Waals surface area contributed by atoms with Crippen LogP contribution in [0.15, 0.2) is 24.3 Å². The average Bonchev–Trinajstić information content (AvgIpc) is 2.75. The van der Waals surface area contributed by atoms with Gasteiger partial charge in [-0.05, 0) is 56.6 Å². The fourth-order valence-corrected chi connectivity index (χ4v) is 3.93. The van der Waals surface area contributed by atoms with Crippen molar-refractivity contribution in [2.24, 2.45) is 0 Å². The first-order valence-corrected chi connectivity index (χ1v) is 9.64. The van der Waals surface area contributed by atoms with Crippen molar-refractivity contribution in [2.75, 3.05) is 26.2 Å². The van der Waals surface area contributed by atoms with Gasteiger partial charge < -0.3 is 4.90 Å². The second-order valence-corrected chi connectivity index (χ2v) is 7.70. The van der Waals surface area contributed by atoms with Gasteiger partial charge in [-0.3, -0.25) is 0 Å². The van der Waals surface area contributed by atoms with Crippen LogP contribution in [0.25, 0.3) is 0 Å². The van der Waals surface area contributed by atoms with E-state index in [9.17, 15) is 12.8 Å². The molecule has 1 heterocycles. The SMILES string of the molecule is O=S(=O)(Cc1ccc(F)cc1)NCCCN1CCCCCC1. The van der Waals surface area contributed by atoms with Crippen LogP contribution in [0, 0.1) is 5.82 Å². The maximum atomic E-state index is 12.8. The largest absolute Gasteiger partial charge is 0.303 e. The number of hydrogen-bond acceptors (Lipinski definition) is 3. The smallest absolute Gasteiger partial charge is 0.215 e. The van der Waals surface area contributed by atoms with E-state index in [1.54, 1.807) is 0 Å². The van der Waals surface area contributed by atoms with E-state index in [2.05, 4.69) is 9.62 Å². The molecule has 1 aliphatic heterocycles. The van der Waals surface area contributed by atoms with Crippen molar-refractivity contribution in [3.8, 4) is 0 Å². The van der Waals surface area contributed by atoms with Crippen LogP contribution in [-0.2, 0) is 15.8 Å². The Morgan fingerprint density at radius 3 is 2.32 bits per heavy atom. The predicted octanol–water partition coefficient (Wildman–Crippen LogP) is 2.51. The average molecular weight is 328 g/mol. The van der Waals surface area contributed by atoms with E-state index >= 15 is 0 Å². The van der Waals surface area contributed by atoms with E-state index in [1.165, 1.54) is 49.9 Å². The molecule has 1 aromatic carbocycles. The van der Waals surface area contributed by atoms with Gasteiger partial charge in [0.25, 0.3) is 0 Å². The Balaban J connectivity index is 1.69. The molecule has 0 unspecified atom stereocenters. The van der Waals surface area contributed by atoms with Gasteiger partial charge in [0.2, 0.25) is 10.0 Å². The van der Waals surface area contributed by atoms with Crippen molar-refractivity contribution in [1.82, 2.24) is 9.62 Å². The summed E-state index contributed by atoms with van der Waals surface area (Å²) in [5, 5.41) is 0. The van der Waals surface area contributed by atoms with E-state index in [1.807, 2.05) is 0 Å². The van der Waals surface area contributed by atoms with Crippen molar-refractivity contribution in [1.29, 1.82) is 0 Å². The van der Waals surface area contributed by atoms with Crippen molar-refractivity contribution in [2.45, 2.75) is 37.9 Å². The molecular weight excluding hydrogens is 303 g/mol. The molecule has 124 valence electrons. The Hall–Kier alpha value is -0.980. The summed E-state index contributed by atoms with van der Waals surface area (Å²) in [5.41, 5.74) is 0.599. The van der Waals surface area contributed by atoms with E-state index in [0.717, 1.165) is 26.1 Å². The molecular formula is C16H25FN2O2S. The van der Waals surface area contributed by atoms with Gasteiger partial charge in [-0.15, -0.1) is 0 Å². The van der Waals surface area contributed by atoms with Crippen LogP contribution in [0.4, 0.5) is 4.39 Å². The van der Waals surface area contributed by atoms with Crippen molar-refractivity contribution >= 4 is 10.0 Å². The number of likely N-dealkylation sites (tertiary alicyclic amines) is 1. The van der Waals surface area contributed by atoms with Crippen molar-refractivity contribution < 1.29 is 12.8 Å². The third-order valence-electron chi connectivity index (χ3n) is 3.94. The Kier molecular flexibility index (Phi) is 6.79. The van der Waals surface area contributed by atoms with Gasteiger partial charge in [0.05, 0.1) is 5.75 Å². The summed E-state index contributed by atoms with van der Waals surface area (Å²) < 4.78 is 39.4. The molecule has 2 rings (SSSR count). The number of nitrogens with one attached hydrogen (secondary N) is 1. The predicted molar refractivity (Wildman–Crippen MR) is 86.6 cm³/mol. The van der Waals surface area contributed by atoms with E-state index < -0.39 is 10.0 Å². The lowest BCUT2D eigenvalue weighted by molar-refractivity contribution is 0.282. The molecule has 6 heteroatoms. The highest BCUT2D eigenvalue weighted by molar-refractivity contribution is 7.88. The quantitative estimate of drug-likeness (QED) is 0.783. The number of nitrogens with zero attached hydrogens (tertiary/aromatic N) is 1. The molecule has 1 fully saturated rings. The summed E-state index contributed by atoms with van der Waals surface area (Å²) in [6, 6.07) is 5.58. The summed E-state index contributed by atoms with van der Waals surface area (Å²) in [4.78, 5) is 2.42. The third-order valence-corrected chi connectivity index (χ3v) is 5.30. The van der Waals surface area contributed by atoms with Gasteiger partial charge in [0.15, 0.2) is 0 Å². The highest BCUT2D eigenvalue weighted by Crippen LogP contribution is 2.10. The van der Waals surface area contributed by atoms with Crippen LogP contribution in [0.3, 0.4) is 0 Å². The summed E-state index contributed by atoms with van der Waals surface area (Å²) in [5.74, 6) is -0.455. The molecule has 1 aromatic rings. The first kappa shape index (κ1) is 17.4. The van der Waals surface area contributed by atoms with Crippen LogP contribution in [0.1, 0.15) is 37.7 Å². The minimum absolute atomic E-state index is 0.100. The number of hydrogen-bond donors (Lipinski definition) is 1. The van der Waals surface area contributed by atoms with Gasteiger partial charge in [-0.1, -0.05) is 25.0 Å². The van der Waals surface area contributed by atoms with Gasteiger partial charge in [-0.25, -0.2) is 17.5 Å². The van der Waals surface area contributed by atoms with Gasteiger partial charge in [0.1, 0.15) is 5.82 Å². The molecule has 0 spiro atoms. The minimum atomic E-state index is -3.35. The molecule has 0 amide bonds. The monoisotopic (exact) mass is 328 g/mol. The molecule has 0 bridgehead atoms. The van der Waals surface area contributed by atoms with Crippen LogP contribution < -0.4 is 4.72 Å². The molecule has 0 atom stereocenters. The molecule has 1 aliphatic rings. The van der Waals surface area contributed by atoms with Gasteiger partial charge in [-0.2, -0.15) is 0 Å². The maximum Gasteiger partial charge on any atom is 0.215 e. The second-order valence-electron chi connectivity index (χ2n) is 5.89. The number of benzene rings is 1. The van der Waals surface area contributed by atoms with E-state index in [-0.39, 0.29) is 11.6 Å². The van der Waals surface area contributed by atoms with Crippen LogP contribution in [0.5, 0.6) is 0 Å². The first-order chi connectivity index (χ1) is 10.6. The third kappa shape index (κ3) is 6.42. The van der Waals surface area contributed by atoms with Crippen molar-refractivity contribution in [3.63, 3.8) is 0 Å². The molecule has 1 saturated heterocycles. The highest BCUT2D eigenvalue weighted by atomic mass is 32.2. The lowest BCUT2D eigenvalue weighted by Crippen LogP contribution is -2.31. The normalized spacial score (nSPS) is 17.3. The summed E-state index contributed by atoms with van der Waals surface area (Å²) >= 11 is 0. The lowest BCUT2D eigenvalue weighted by Gasteiger charge is -2.19. The van der Waals surface area contributed by atoms with Crippen LogP contribution in [0.2, 0.25) is 0 Å². The Morgan fingerprint density at radius 1 is 1.05 bits per heavy atom. The standard InChI is InChI=1S/C16H25FN2O2S/c17-16-8-6-15(7-9-16)14-22(20,21)18-10-5-13-19-11-3-1-2-4-12-19/h6-9,18H,1-5,10-14H2. The summed E-state index contributed by atoms with van der Waals surface area (Å²) in [7, 11) is -3.35. The number of rotatable bonds is 7. The fraction of sp³-hybridized carbons (Fsp3) is 0.625. The summed E-state index contributed by atoms with van der Waals surface area (Å²) in [6.07, 6.45) is 5.93. The number of halogens is 1. The van der Waals surface area contributed by atoms with E-state index in [4.69, 9.17) is 0 Å². The number of sulfonamides is 1. The Labute approximate surface area is 132 Å². The van der Waals surface area contributed by atoms with Gasteiger partial charge in [0, 0.05) is 6.54 Å². The molecule has 0 radical (unpaired) electrons. The Bertz CT molecular complexity index is 538. The zero-order valence-corrected chi connectivity index (χ0v) is 13.7. The zero-order valence-electron chi connectivity index (χ0n) is 12.9. The molecule has 0 aliphatic carbocycles. The summed E-state index contributed by atoms with van der Waals surface area (Å²) in [6.45, 7) is 3.66. The van der Waals surface area contributed by atoms with Crippen LogP contribution in [-0.4, -0.2) is 39.5 Å². The Morgan fingerprint density at radius 2 is 1.68 bits per heavy atom. The topological polar surface area (TPSA) is 49.4 Å². The minimum Gasteiger partial charge on any atom is -0.303 e. The molecule has 1 N–H and O–H groups in total. The lowest BCUT2D eigenvalue weighted by atomic mass is 10.2. The zero-order chi connectivity index (χ0) is 15.8. The molecule has 0 saturated carbocycles. The highest BCUT2D eigenvalue weighted by Gasteiger charge is 2.12. The van der Waals surface area contributed by atoms with Gasteiger partial charge >= 0.3 is 0 Å². The maximum absolute atomic E-state index is 12.8. The van der Waals surface area contributed by atoms with E-state index in [0.29, 0.717) is 12.1 Å². The second kappa shape index (κ2) is 8.60. The van der Waals surface area contributed by atoms with Crippen molar-refractivity contribution in [3.05, 3.63) is 35.6 Å².